The summed E-state index contributed by atoms with van der Waals surface area (Å²) in [7, 11) is 0. The lowest BCUT2D eigenvalue weighted by Gasteiger charge is -2.06. The molecule has 1 aromatic rings. The van der Waals surface area contributed by atoms with Crippen LogP contribution in [0, 0.1) is 0 Å². The topological polar surface area (TPSA) is 41.1 Å². The summed E-state index contributed by atoms with van der Waals surface area (Å²) >= 11 is 0. The molecule has 114 valence electrons. The van der Waals surface area contributed by atoms with E-state index in [4.69, 9.17) is 0 Å². The highest BCUT2D eigenvalue weighted by molar-refractivity contribution is 5.85. The van der Waals surface area contributed by atoms with Crippen molar-refractivity contribution in [2.24, 2.45) is 0 Å². The first-order valence-electron chi connectivity index (χ1n) is 7.31. The van der Waals surface area contributed by atoms with Crippen molar-refractivity contribution in [3.05, 3.63) is 35.4 Å². The van der Waals surface area contributed by atoms with Crippen molar-refractivity contribution < 1.29 is 4.79 Å². The van der Waals surface area contributed by atoms with Crippen LogP contribution in [0.3, 0.4) is 0 Å². The third-order valence-corrected chi connectivity index (χ3v) is 3.08. The van der Waals surface area contributed by atoms with Gasteiger partial charge in [0.05, 0.1) is 6.42 Å². The summed E-state index contributed by atoms with van der Waals surface area (Å²) in [5, 5.41) is 6.09. The highest BCUT2D eigenvalue weighted by atomic mass is 35.5. The van der Waals surface area contributed by atoms with Crippen LogP contribution in [0.1, 0.15) is 37.8 Å². The third kappa shape index (κ3) is 8.18. The van der Waals surface area contributed by atoms with Gasteiger partial charge in [-0.3, -0.25) is 4.79 Å². The maximum atomic E-state index is 11.7. The molecule has 0 aliphatic carbocycles. The van der Waals surface area contributed by atoms with Gasteiger partial charge in [-0.25, -0.2) is 0 Å². The minimum absolute atomic E-state index is 0. The number of hydrogen-bond donors (Lipinski definition) is 2. The first kappa shape index (κ1) is 18.9. The number of hydrogen-bond acceptors (Lipinski definition) is 2. The molecule has 0 atom stereocenters. The van der Waals surface area contributed by atoms with Crippen molar-refractivity contribution >= 4 is 18.3 Å². The van der Waals surface area contributed by atoms with E-state index >= 15 is 0 Å². The van der Waals surface area contributed by atoms with Gasteiger partial charge in [0.1, 0.15) is 0 Å². The quantitative estimate of drug-likeness (QED) is 0.688. The third-order valence-electron chi connectivity index (χ3n) is 3.08. The highest BCUT2D eigenvalue weighted by Gasteiger charge is 2.02. The van der Waals surface area contributed by atoms with E-state index < -0.39 is 0 Å². The van der Waals surface area contributed by atoms with E-state index in [1.807, 2.05) is 0 Å². The van der Waals surface area contributed by atoms with Crippen LogP contribution in [0.25, 0.3) is 0 Å². The van der Waals surface area contributed by atoms with Gasteiger partial charge in [-0.2, -0.15) is 0 Å². The summed E-state index contributed by atoms with van der Waals surface area (Å²) in [6.45, 7) is 6.72. The van der Waals surface area contributed by atoms with E-state index in [-0.39, 0.29) is 18.3 Å². The molecule has 0 unspecified atom stereocenters. The van der Waals surface area contributed by atoms with Gasteiger partial charge in [0, 0.05) is 13.1 Å². The molecule has 2 N–H and O–H groups in total. The fourth-order valence-electron chi connectivity index (χ4n) is 1.92. The average Bonchev–Trinajstić information content (AvgIpc) is 2.43. The Morgan fingerprint density at radius 2 is 1.70 bits per heavy atom. The predicted molar refractivity (Wildman–Crippen MR) is 87.6 cm³/mol. The monoisotopic (exact) mass is 298 g/mol. The standard InChI is InChI=1S/C16H26N2O.ClH/c1-3-5-6-14-7-9-15(10-8-14)13-16(19)18-12-11-17-4-2;/h7-10,17H,3-6,11-13H2,1-2H3,(H,18,19);1H. The Balaban J connectivity index is 0.00000361. The zero-order valence-corrected chi connectivity index (χ0v) is 13.4. The summed E-state index contributed by atoms with van der Waals surface area (Å²) in [6.07, 6.45) is 4.05. The molecule has 0 saturated heterocycles. The molecule has 0 aliphatic heterocycles. The zero-order chi connectivity index (χ0) is 13.9. The van der Waals surface area contributed by atoms with E-state index in [1.165, 1.54) is 18.4 Å². The Bertz CT molecular complexity index is 365. The molecular weight excluding hydrogens is 272 g/mol. The fourth-order valence-corrected chi connectivity index (χ4v) is 1.92. The largest absolute Gasteiger partial charge is 0.355 e. The highest BCUT2D eigenvalue weighted by Crippen LogP contribution is 2.08. The number of aryl methyl sites for hydroxylation is 1. The van der Waals surface area contributed by atoms with E-state index in [0.717, 1.165) is 25.1 Å². The Hall–Kier alpha value is -1.06. The molecule has 0 heterocycles. The zero-order valence-electron chi connectivity index (χ0n) is 12.6. The van der Waals surface area contributed by atoms with Crippen molar-refractivity contribution in [3.8, 4) is 0 Å². The number of amides is 1. The maximum absolute atomic E-state index is 11.7. The van der Waals surface area contributed by atoms with E-state index in [9.17, 15) is 4.79 Å². The first-order chi connectivity index (χ1) is 9.26. The fraction of sp³-hybridized carbons (Fsp3) is 0.562. The SMILES string of the molecule is CCCCc1ccc(CC(=O)NCCNCC)cc1.Cl. The second-order valence-electron chi connectivity index (χ2n) is 4.80. The van der Waals surface area contributed by atoms with Crippen LogP contribution in [-0.4, -0.2) is 25.5 Å². The van der Waals surface area contributed by atoms with Crippen molar-refractivity contribution in [2.75, 3.05) is 19.6 Å². The molecule has 0 aliphatic rings. The minimum Gasteiger partial charge on any atom is -0.355 e. The lowest BCUT2D eigenvalue weighted by Crippen LogP contribution is -2.32. The number of halogens is 1. The molecule has 1 amide bonds. The van der Waals surface area contributed by atoms with Crippen molar-refractivity contribution in [1.82, 2.24) is 10.6 Å². The summed E-state index contributed by atoms with van der Waals surface area (Å²) in [6, 6.07) is 8.40. The van der Waals surface area contributed by atoms with Crippen LogP contribution in [0.2, 0.25) is 0 Å². The van der Waals surface area contributed by atoms with Crippen LogP contribution < -0.4 is 10.6 Å². The average molecular weight is 299 g/mol. The van der Waals surface area contributed by atoms with Gasteiger partial charge >= 0.3 is 0 Å². The molecule has 0 spiro atoms. The number of benzene rings is 1. The van der Waals surface area contributed by atoms with Gasteiger partial charge in [0.15, 0.2) is 0 Å². The Labute approximate surface area is 128 Å². The van der Waals surface area contributed by atoms with Crippen LogP contribution in [0.5, 0.6) is 0 Å². The summed E-state index contributed by atoms with van der Waals surface area (Å²) in [5.41, 5.74) is 2.44. The van der Waals surface area contributed by atoms with Crippen molar-refractivity contribution in [3.63, 3.8) is 0 Å². The molecule has 0 saturated carbocycles. The second kappa shape index (κ2) is 11.7. The Morgan fingerprint density at radius 1 is 1.05 bits per heavy atom. The van der Waals surface area contributed by atoms with Crippen LogP contribution >= 0.6 is 12.4 Å². The van der Waals surface area contributed by atoms with Gasteiger partial charge in [-0.15, -0.1) is 12.4 Å². The second-order valence-corrected chi connectivity index (χ2v) is 4.80. The molecule has 0 fully saturated rings. The van der Waals surface area contributed by atoms with E-state index in [0.29, 0.717) is 13.0 Å². The van der Waals surface area contributed by atoms with Gasteiger partial charge in [-0.1, -0.05) is 44.5 Å². The Kier molecular flexibility index (Phi) is 11.1. The van der Waals surface area contributed by atoms with Gasteiger partial charge < -0.3 is 10.6 Å². The maximum Gasteiger partial charge on any atom is 0.224 e. The number of carbonyl (C=O) groups is 1. The smallest absolute Gasteiger partial charge is 0.224 e. The molecule has 1 rings (SSSR count). The van der Waals surface area contributed by atoms with Gasteiger partial charge in [0.25, 0.3) is 0 Å². The number of rotatable bonds is 9. The molecule has 20 heavy (non-hydrogen) atoms. The van der Waals surface area contributed by atoms with Crippen LogP contribution in [0.15, 0.2) is 24.3 Å². The molecular formula is C16H27ClN2O. The van der Waals surface area contributed by atoms with Crippen molar-refractivity contribution in [1.29, 1.82) is 0 Å². The lowest BCUT2D eigenvalue weighted by atomic mass is 10.0. The van der Waals surface area contributed by atoms with Gasteiger partial charge in [0.2, 0.25) is 5.91 Å². The number of unbranched alkanes of at least 4 members (excludes halogenated alkanes) is 1. The summed E-state index contributed by atoms with van der Waals surface area (Å²) < 4.78 is 0. The van der Waals surface area contributed by atoms with Crippen LogP contribution in [-0.2, 0) is 17.6 Å². The lowest BCUT2D eigenvalue weighted by molar-refractivity contribution is -0.120. The van der Waals surface area contributed by atoms with Gasteiger partial charge in [-0.05, 0) is 30.5 Å². The summed E-state index contributed by atoms with van der Waals surface area (Å²) in [4.78, 5) is 11.7. The molecule has 0 bridgehead atoms. The molecule has 0 radical (unpaired) electrons. The number of carbonyl (C=O) groups excluding carboxylic acids is 1. The normalized spacial score (nSPS) is 9.90. The predicted octanol–water partition coefficient (Wildman–Crippen LogP) is 2.72. The van der Waals surface area contributed by atoms with E-state index in [2.05, 4.69) is 48.7 Å². The molecule has 4 heteroatoms. The summed E-state index contributed by atoms with van der Waals surface area (Å²) in [5.74, 6) is 0.0965. The molecule has 1 aromatic carbocycles. The van der Waals surface area contributed by atoms with Crippen molar-refractivity contribution in [2.45, 2.75) is 39.5 Å². The molecule has 3 nitrogen and oxygen atoms in total. The first-order valence-corrected chi connectivity index (χ1v) is 7.31. The van der Waals surface area contributed by atoms with Crippen LogP contribution in [0.4, 0.5) is 0 Å². The van der Waals surface area contributed by atoms with E-state index in [1.54, 1.807) is 0 Å². The Morgan fingerprint density at radius 3 is 2.30 bits per heavy atom. The molecule has 0 aromatic heterocycles. The number of nitrogens with one attached hydrogen (secondary N) is 2. The minimum atomic E-state index is 0. The number of likely N-dealkylation sites (N-methyl/N-ethyl adjacent to an activating group) is 1.